The molecule has 1 N–H and O–H groups in total. The van der Waals surface area contributed by atoms with Crippen molar-refractivity contribution in [1.29, 1.82) is 0 Å². The van der Waals surface area contributed by atoms with E-state index in [-0.39, 0.29) is 5.97 Å². The Morgan fingerprint density at radius 2 is 1.52 bits per heavy atom. The summed E-state index contributed by atoms with van der Waals surface area (Å²) in [6.07, 6.45) is 6.50. The summed E-state index contributed by atoms with van der Waals surface area (Å²) in [6.45, 7) is 4.68. The third-order valence-corrected chi connectivity index (χ3v) is 4.80. The van der Waals surface area contributed by atoms with Gasteiger partial charge in [0, 0.05) is 28.9 Å². The van der Waals surface area contributed by atoms with Crippen LogP contribution in [-0.2, 0) is 4.79 Å². The van der Waals surface area contributed by atoms with Gasteiger partial charge in [0.2, 0.25) is 0 Å². The maximum atomic E-state index is 10.9. The first-order chi connectivity index (χ1) is 12.2. The average molecular weight is 358 g/mol. The minimum Gasteiger partial charge on any atom is -0.427 e. The van der Waals surface area contributed by atoms with Gasteiger partial charge in [0.1, 0.15) is 5.75 Å². The third kappa shape index (κ3) is 7.65. The van der Waals surface area contributed by atoms with Crippen molar-refractivity contribution < 1.29 is 9.53 Å². The quantitative estimate of drug-likeness (QED) is 0.315. The molecule has 4 heteroatoms. The van der Waals surface area contributed by atoms with Crippen molar-refractivity contribution in [2.75, 3.05) is 11.9 Å². The lowest BCUT2D eigenvalue weighted by Gasteiger charge is -2.08. The predicted molar refractivity (Wildman–Crippen MR) is 106 cm³/mol. The largest absolute Gasteiger partial charge is 0.427 e. The van der Waals surface area contributed by atoms with E-state index in [1.807, 2.05) is 24.3 Å². The number of rotatable bonds is 10. The number of nitrogens with one attached hydrogen (secondary N) is 1. The SMILES string of the molecule is CCCCCCCNc1ccc(Sc2ccc(OC(C)=O)cc2)cc1. The standard InChI is InChI=1S/C21H27NO2S/c1-3-4-5-6-7-16-22-18-8-12-20(13-9-18)25-21-14-10-19(11-15-21)24-17(2)23/h8-15,22H,3-7,16H2,1-2H3. The molecule has 0 radical (unpaired) electrons. The lowest BCUT2D eigenvalue weighted by atomic mass is 10.1. The Kier molecular flexibility index (Phi) is 8.40. The fourth-order valence-electron chi connectivity index (χ4n) is 2.48. The minimum absolute atomic E-state index is 0.297. The van der Waals surface area contributed by atoms with Crippen molar-refractivity contribution in [3.05, 3.63) is 48.5 Å². The first-order valence-electron chi connectivity index (χ1n) is 8.97. The van der Waals surface area contributed by atoms with Gasteiger partial charge in [0.25, 0.3) is 0 Å². The fourth-order valence-corrected chi connectivity index (χ4v) is 3.30. The van der Waals surface area contributed by atoms with Crippen LogP contribution in [0.2, 0.25) is 0 Å². The highest BCUT2D eigenvalue weighted by atomic mass is 32.2. The highest BCUT2D eigenvalue weighted by molar-refractivity contribution is 7.99. The molecule has 2 aromatic rings. The number of ether oxygens (including phenoxy) is 1. The second-order valence-electron chi connectivity index (χ2n) is 6.03. The van der Waals surface area contributed by atoms with Gasteiger partial charge < -0.3 is 10.1 Å². The van der Waals surface area contributed by atoms with E-state index in [1.165, 1.54) is 49.6 Å². The van der Waals surface area contributed by atoms with Crippen molar-refractivity contribution in [2.24, 2.45) is 0 Å². The highest BCUT2D eigenvalue weighted by Crippen LogP contribution is 2.29. The summed E-state index contributed by atoms with van der Waals surface area (Å²) < 4.78 is 5.05. The van der Waals surface area contributed by atoms with Crippen molar-refractivity contribution in [1.82, 2.24) is 0 Å². The monoisotopic (exact) mass is 357 g/mol. The molecule has 0 aliphatic carbocycles. The van der Waals surface area contributed by atoms with Crippen molar-refractivity contribution >= 4 is 23.4 Å². The normalized spacial score (nSPS) is 10.5. The Morgan fingerprint density at radius 1 is 0.920 bits per heavy atom. The molecule has 0 heterocycles. The van der Waals surface area contributed by atoms with Crippen LogP contribution in [0.1, 0.15) is 46.0 Å². The molecule has 0 fully saturated rings. The van der Waals surface area contributed by atoms with Crippen molar-refractivity contribution in [3.8, 4) is 5.75 Å². The second kappa shape index (κ2) is 10.8. The molecule has 0 spiro atoms. The number of carbonyl (C=O) groups excluding carboxylic acids is 1. The van der Waals surface area contributed by atoms with Crippen LogP contribution in [0.15, 0.2) is 58.3 Å². The molecular formula is C21H27NO2S. The molecular weight excluding hydrogens is 330 g/mol. The Balaban J connectivity index is 1.77. The van der Waals surface area contributed by atoms with Crippen LogP contribution in [0.25, 0.3) is 0 Å². The number of anilines is 1. The maximum absolute atomic E-state index is 10.9. The van der Waals surface area contributed by atoms with Crippen LogP contribution in [0.4, 0.5) is 5.69 Å². The number of unbranched alkanes of at least 4 members (excludes halogenated alkanes) is 4. The molecule has 2 aromatic carbocycles. The van der Waals surface area contributed by atoms with Gasteiger partial charge in [0.05, 0.1) is 0 Å². The minimum atomic E-state index is -0.297. The van der Waals surface area contributed by atoms with Gasteiger partial charge in [-0.2, -0.15) is 0 Å². The van der Waals surface area contributed by atoms with E-state index in [9.17, 15) is 4.79 Å². The molecule has 0 aromatic heterocycles. The zero-order valence-electron chi connectivity index (χ0n) is 15.1. The lowest BCUT2D eigenvalue weighted by Crippen LogP contribution is -2.01. The smallest absolute Gasteiger partial charge is 0.308 e. The molecule has 0 saturated heterocycles. The van der Waals surface area contributed by atoms with Crippen molar-refractivity contribution in [2.45, 2.75) is 55.7 Å². The van der Waals surface area contributed by atoms with Gasteiger partial charge in [-0.15, -0.1) is 0 Å². The number of hydrogen-bond acceptors (Lipinski definition) is 4. The summed E-state index contributed by atoms with van der Waals surface area (Å²) >= 11 is 1.69. The average Bonchev–Trinajstić information content (AvgIpc) is 2.61. The molecule has 2 rings (SSSR count). The fraction of sp³-hybridized carbons (Fsp3) is 0.381. The van der Waals surface area contributed by atoms with E-state index < -0.39 is 0 Å². The molecule has 0 atom stereocenters. The number of esters is 1. The van der Waals surface area contributed by atoms with Crippen LogP contribution in [0.3, 0.4) is 0 Å². The molecule has 0 aliphatic rings. The maximum Gasteiger partial charge on any atom is 0.308 e. The predicted octanol–water partition coefficient (Wildman–Crippen LogP) is 6.15. The van der Waals surface area contributed by atoms with E-state index in [4.69, 9.17) is 4.74 Å². The molecule has 0 bridgehead atoms. The van der Waals surface area contributed by atoms with E-state index in [0.717, 1.165) is 11.4 Å². The van der Waals surface area contributed by atoms with Gasteiger partial charge in [-0.05, 0) is 55.0 Å². The first kappa shape index (κ1) is 19.4. The van der Waals surface area contributed by atoms with Crippen LogP contribution in [0.5, 0.6) is 5.75 Å². The van der Waals surface area contributed by atoms with E-state index in [0.29, 0.717) is 5.75 Å². The van der Waals surface area contributed by atoms with Crippen LogP contribution in [-0.4, -0.2) is 12.5 Å². The Hall–Kier alpha value is -1.94. The molecule has 3 nitrogen and oxygen atoms in total. The summed E-state index contributed by atoms with van der Waals surface area (Å²) in [4.78, 5) is 13.2. The first-order valence-corrected chi connectivity index (χ1v) is 9.79. The molecule has 0 amide bonds. The van der Waals surface area contributed by atoms with Crippen LogP contribution in [0, 0.1) is 0 Å². The van der Waals surface area contributed by atoms with Crippen molar-refractivity contribution in [3.63, 3.8) is 0 Å². The van der Waals surface area contributed by atoms with Gasteiger partial charge in [0.15, 0.2) is 0 Å². The number of hydrogen-bond donors (Lipinski definition) is 1. The summed E-state index contributed by atoms with van der Waals surface area (Å²) in [7, 11) is 0. The Bertz CT molecular complexity index is 638. The molecule has 25 heavy (non-hydrogen) atoms. The van der Waals surface area contributed by atoms with Gasteiger partial charge in [-0.1, -0.05) is 44.4 Å². The lowest BCUT2D eigenvalue weighted by molar-refractivity contribution is -0.131. The van der Waals surface area contributed by atoms with Crippen LogP contribution < -0.4 is 10.1 Å². The zero-order chi connectivity index (χ0) is 17.9. The Labute approximate surface area is 155 Å². The summed E-state index contributed by atoms with van der Waals surface area (Å²) in [5, 5.41) is 3.48. The van der Waals surface area contributed by atoms with E-state index >= 15 is 0 Å². The van der Waals surface area contributed by atoms with Gasteiger partial charge >= 0.3 is 5.97 Å². The Morgan fingerprint density at radius 3 is 2.12 bits per heavy atom. The van der Waals surface area contributed by atoms with Gasteiger partial charge in [-0.3, -0.25) is 4.79 Å². The summed E-state index contributed by atoms with van der Waals surface area (Å²) in [5.74, 6) is 0.282. The summed E-state index contributed by atoms with van der Waals surface area (Å²) in [6, 6.07) is 16.1. The highest BCUT2D eigenvalue weighted by Gasteiger charge is 2.01. The zero-order valence-corrected chi connectivity index (χ0v) is 15.9. The van der Waals surface area contributed by atoms with E-state index in [1.54, 1.807) is 11.8 Å². The second-order valence-corrected chi connectivity index (χ2v) is 7.18. The van der Waals surface area contributed by atoms with E-state index in [2.05, 4.69) is 36.5 Å². The van der Waals surface area contributed by atoms with Gasteiger partial charge in [-0.25, -0.2) is 0 Å². The third-order valence-electron chi connectivity index (χ3n) is 3.78. The molecule has 0 unspecified atom stereocenters. The molecule has 0 aliphatic heterocycles. The number of carbonyl (C=O) groups is 1. The molecule has 0 saturated carbocycles. The summed E-state index contributed by atoms with van der Waals surface area (Å²) in [5.41, 5.74) is 1.17. The number of benzene rings is 2. The molecule has 134 valence electrons. The van der Waals surface area contributed by atoms with Crippen LogP contribution >= 0.6 is 11.8 Å². The topological polar surface area (TPSA) is 38.3 Å².